The van der Waals surface area contributed by atoms with Crippen molar-refractivity contribution in [1.82, 2.24) is 0 Å². The molecule has 0 unspecified atom stereocenters. The zero-order valence-corrected chi connectivity index (χ0v) is 12.3. The minimum absolute atomic E-state index is 0.567. The summed E-state index contributed by atoms with van der Waals surface area (Å²) in [6.45, 7) is 2.70. The summed E-state index contributed by atoms with van der Waals surface area (Å²) < 4.78 is 5.35. The number of ether oxygens (including phenoxy) is 1. The first-order valence-electron chi connectivity index (χ1n) is 5.92. The maximum Gasteiger partial charge on any atom is 0.142 e. The number of methoxy groups -OCH3 is 1. The Kier molecular flexibility index (Phi) is 4.56. The molecule has 2 nitrogen and oxygen atoms in total. The number of hydrogen-bond donors (Lipinski definition) is 1. The van der Waals surface area contributed by atoms with Crippen molar-refractivity contribution in [2.45, 2.75) is 13.5 Å². The minimum Gasteiger partial charge on any atom is -0.495 e. The van der Waals surface area contributed by atoms with E-state index in [9.17, 15) is 0 Å². The van der Waals surface area contributed by atoms with Crippen molar-refractivity contribution in [2.75, 3.05) is 12.4 Å². The summed E-state index contributed by atoms with van der Waals surface area (Å²) >= 11 is 11.9. The first-order chi connectivity index (χ1) is 9.10. The summed E-state index contributed by atoms with van der Waals surface area (Å²) in [6.07, 6.45) is 0. The first kappa shape index (κ1) is 14.0. The quantitative estimate of drug-likeness (QED) is 0.864. The van der Waals surface area contributed by atoms with E-state index >= 15 is 0 Å². The molecule has 0 saturated heterocycles. The molecule has 0 fully saturated rings. The number of anilines is 1. The molecule has 0 bridgehead atoms. The van der Waals surface area contributed by atoms with Gasteiger partial charge >= 0.3 is 0 Å². The van der Waals surface area contributed by atoms with Crippen molar-refractivity contribution in [3.05, 3.63) is 57.6 Å². The Hall–Kier alpha value is -1.38. The molecule has 4 heteroatoms. The molecule has 2 aromatic rings. The van der Waals surface area contributed by atoms with Crippen LogP contribution in [0.2, 0.25) is 10.0 Å². The van der Waals surface area contributed by atoms with Gasteiger partial charge < -0.3 is 10.1 Å². The van der Waals surface area contributed by atoms with Gasteiger partial charge in [0.15, 0.2) is 0 Å². The van der Waals surface area contributed by atoms with Gasteiger partial charge in [-0.15, -0.1) is 0 Å². The zero-order chi connectivity index (χ0) is 13.8. The number of nitrogens with one attached hydrogen (secondary N) is 1. The smallest absolute Gasteiger partial charge is 0.142 e. The standard InChI is InChI=1S/C15H15Cl2NO/c1-10-3-6-14(15(7-10)19-2)18-9-11-4-5-12(16)13(17)8-11/h3-8,18H,9H2,1-2H3. The first-order valence-corrected chi connectivity index (χ1v) is 6.68. The minimum atomic E-state index is 0.567. The van der Waals surface area contributed by atoms with E-state index in [0.717, 1.165) is 22.6 Å². The third kappa shape index (κ3) is 3.55. The van der Waals surface area contributed by atoms with Gasteiger partial charge in [-0.3, -0.25) is 0 Å². The molecular formula is C15H15Cl2NO. The van der Waals surface area contributed by atoms with Gasteiger partial charge in [-0.1, -0.05) is 35.3 Å². The Morgan fingerprint density at radius 1 is 1.05 bits per heavy atom. The van der Waals surface area contributed by atoms with Gasteiger partial charge in [-0.05, 0) is 42.3 Å². The summed E-state index contributed by atoms with van der Waals surface area (Å²) in [5, 5.41) is 4.46. The summed E-state index contributed by atoms with van der Waals surface area (Å²) in [5.74, 6) is 0.833. The second kappa shape index (κ2) is 6.18. The molecule has 0 heterocycles. The average molecular weight is 296 g/mol. The Bertz CT molecular complexity index is 584. The van der Waals surface area contributed by atoms with E-state index in [1.807, 2.05) is 37.3 Å². The van der Waals surface area contributed by atoms with Gasteiger partial charge in [-0.2, -0.15) is 0 Å². The lowest BCUT2D eigenvalue weighted by Crippen LogP contribution is -2.01. The fourth-order valence-electron chi connectivity index (χ4n) is 1.79. The molecule has 0 atom stereocenters. The Balaban J connectivity index is 2.12. The highest BCUT2D eigenvalue weighted by Gasteiger charge is 2.04. The highest BCUT2D eigenvalue weighted by Crippen LogP contribution is 2.27. The van der Waals surface area contributed by atoms with Crippen LogP contribution in [0.3, 0.4) is 0 Å². The Morgan fingerprint density at radius 3 is 2.53 bits per heavy atom. The summed E-state index contributed by atoms with van der Waals surface area (Å²) in [7, 11) is 1.67. The summed E-state index contributed by atoms with van der Waals surface area (Å²) in [6, 6.07) is 11.6. The number of rotatable bonds is 4. The Labute approximate surface area is 123 Å². The van der Waals surface area contributed by atoms with Crippen LogP contribution in [0.25, 0.3) is 0 Å². The molecule has 0 aliphatic heterocycles. The van der Waals surface area contributed by atoms with Gasteiger partial charge in [0.1, 0.15) is 5.75 Å². The van der Waals surface area contributed by atoms with Crippen LogP contribution >= 0.6 is 23.2 Å². The van der Waals surface area contributed by atoms with E-state index in [-0.39, 0.29) is 0 Å². The molecule has 0 saturated carbocycles. The molecule has 0 aliphatic carbocycles. The third-order valence-corrected chi connectivity index (χ3v) is 3.56. The lowest BCUT2D eigenvalue weighted by Gasteiger charge is -2.12. The molecule has 19 heavy (non-hydrogen) atoms. The van der Waals surface area contributed by atoms with Crippen molar-refractivity contribution < 1.29 is 4.74 Å². The van der Waals surface area contributed by atoms with Gasteiger partial charge in [-0.25, -0.2) is 0 Å². The number of aryl methyl sites for hydroxylation is 1. The monoisotopic (exact) mass is 295 g/mol. The van der Waals surface area contributed by atoms with E-state index in [0.29, 0.717) is 16.6 Å². The van der Waals surface area contributed by atoms with Gasteiger partial charge in [0.05, 0.1) is 22.8 Å². The fourth-order valence-corrected chi connectivity index (χ4v) is 2.11. The normalized spacial score (nSPS) is 10.3. The maximum absolute atomic E-state index is 5.99. The molecule has 0 radical (unpaired) electrons. The largest absolute Gasteiger partial charge is 0.495 e. The molecule has 0 aliphatic rings. The van der Waals surface area contributed by atoms with E-state index in [1.54, 1.807) is 13.2 Å². The van der Waals surface area contributed by atoms with Crippen molar-refractivity contribution in [2.24, 2.45) is 0 Å². The van der Waals surface area contributed by atoms with Crippen LogP contribution in [0.15, 0.2) is 36.4 Å². The van der Waals surface area contributed by atoms with Crippen LogP contribution in [0, 0.1) is 6.92 Å². The summed E-state index contributed by atoms with van der Waals surface area (Å²) in [5.41, 5.74) is 3.19. The molecule has 0 aromatic heterocycles. The molecule has 0 amide bonds. The fraction of sp³-hybridized carbons (Fsp3) is 0.200. The van der Waals surface area contributed by atoms with Crippen LogP contribution in [0.1, 0.15) is 11.1 Å². The summed E-state index contributed by atoms with van der Waals surface area (Å²) in [4.78, 5) is 0. The van der Waals surface area contributed by atoms with Gasteiger partial charge in [0, 0.05) is 6.54 Å². The van der Waals surface area contributed by atoms with Gasteiger partial charge in [0.2, 0.25) is 0 Å². The van der Waals surface area contributed by atoms with E-state index < -0.39 is 0 Å². The van der Waals surface area contributed by atoms with Crippen molar-refractivity contribution in [3.63, 3.8) is 0 Å². The van der Waals surface area contributed by atoms with Gasteiger partial charge in [0.25, 0.3) is 0 Å². The van der Waals surface area contributed by atoms with Crippen LogP contribution in [0.4, 0.5) is 5.69 Å². The second-order valence-electron chi connectivity index (χ2n) is 4.31. The predicted molar refractivity (Wildman–Crippen MR) is 81.5 cm³/mol. The lowest BCUT2D eigenvalue weighted by molar-refractivity contribution is 0.416. The van der Waals surface area contributed by atoms with Crippen molar-refractivity contribution in [3.8, 4) is 5.75 Å². The SMILES string of the molecule is COc1cc(C)ccc1NCc1ccc(Cl)c(Cl)c1. The second-order valence-corrected chi connectivity index (χ2v) is 5.12. The zero-order valence-electron chi connectivity index (χ0n) is 10.8. The van der Waals surface area contributed by atoms with Crippen LogP contribution in [-0.2, 0) is 6.54 Å². The lowest BCUT2D eigenvalue weighted by atomic mass is 10.2. The van der Waals surface area contributed by atoms with E-state index in [4.69, 9.17) is 27.9 Å². The molecular weight excluding hydrogens is 281 g/mol. The molecule has 100 valence electrons. The van der Waals surface area contributed by atoms with E-state index in [2.05, 4.69) is 5.32 Å². The highest BCUT2D eigenvalue weighted by atomic mass is 35.5. The van der Waals surface area contributed by atoms with Crippen LogP contribution in [-0.4, -0.2) is 7.11 Å². The number of hydrogen-bond acceptors (Lipinski definition) is 2. The highest BCUT2D eigenvalue weighted by molar-refractivity contribution is 6.42. The number of halogens is 2. The van der Waals surface area contributed by atoms with E-state index in [1.165, 1.54) is 0 Å². The number of benzene rings is 2. The van der Waals surface area contributed by atoms with Crippen LogP contribution < -0.4 is 10.1 Å². The Morgan fingerprint density at radius 2 is 1.84 bits per heavy atom. The third-order valence-electron chi connectivity index (χ3n) is 2.82. The molecule has 2 rings (SSSR count). The molecule has 1 N–H and O–H groups in total. The maximum atomic E-state index is 5.99. The van der Waals surface area contributed by atoms with Crippen LogP contribution in [0.5, 0.6) is 5.75 Å². The van der Waals surface area contributed by atoms with Crippen molar-refractivity contribution in [1.29, 1.82) is 0 Å². The topological polar surface area (TPSA) is 21.3 Å². The predicted octanol–water partition coefficient (Wildman–Crippen LogP) is 4.92. The van der Waals surface area contributed by atoms with Crippen molar-refractivity contribution >= 4 is 28.9 Å². The molecule has 2 aromatic carbocycles. The average Bonchev–Trinajstić information content (AvgIpc) is 2.41. The molecule has 0 spiro atoms.